The third-order valence-electron chi connectivity index (χ3n) is 5.13. The number of nitrogens with zero attached hydrogens (tertiary/aromatic N) is 2. The first kappa shape index (κ1) is 15.8. The minimum atomic E-state index is 0.0754. The Morgan fingerprint density at radius 2 is 2.27 bits per heavy atom. The molecule has 0 amide bonds. The molecule has 4 heteroatoms. The average Bonchev–Trinajstić information content (AvgIpc) is 2.89. The van der Waals surface area contributed by atoms with Crippen LogP contribution in [0.1, 0.15) is 24.8 Å². The second-order valence-electron chi connectivity index (χ2n) is 6.95. The number of hydrogen-bond donors (Lipinski definition) is 0. The number of rotatable bonds is 4. The Bertz CT molecular complexity index is 506. The zero-order chi connectivity index (χ0) is 15.6. The van der Waals surface area contributed by atoms with E-state index in [0.29, 0.717) is 6.04 Å². The van der Waals surface area contributed by atoms with Gasteiger partial charge < -0.3 is 14.4 Å². The van der Waals surface area contributed by atoms with Crippen LogP contribution in [0.2, 0.25) is 0 Å². The van der Waals surface area contributed by atoms with Crippen LogP contribution in [-0.4, -0.2) is 62.3 Å². The molecule has 0 aromatic heterocycles. The van der Waals surface area contributed by atoms with Crippen molar-refractivity contribution >= 4 is 0 Å². The molecule has 122 valence electrons. The van der Waals surface area contributed by atoms with Crippen LogP contribution < -0.4 is 4.74 Å². The maximum Gasteiger partial charge on any atom is 0.119 e. The molecule has 2 atom stereocenters. The smallest absolute Gasteiger partial charge is 0.119 e. The van der Waals surface area contributed by atoms with Crippen molar-refractivity contribution < 1.29 is 9.47 Å². The fourth-order valence-electron chi connectivity index (χ4n) is 3.82. The van der Waals surface area contributed by atoms with E-state index in [2.05, 4.69) is 42.1 Å². The van der Waals surface area contributed by atoms with Crippen LogP contribution in [0.4, 0.5) is 0 Å². The molecule has 0 saturated carbocycles. The summed E-state index contributed by atoms with van der Waals surface area (Å²) in [5.41, 5.74) is 1.39. The van der Waals surface area contributed by atoms with E-state index in [-0.39, 0.29) is 5.60 Å². The van der Waals surface area contributed by atoms with Crippen molar-refractivity contribution in [1.29, 1.82) is 0 Å². The summed E-state index contributed by atoms with van der Waals surface area (Å²) >= 11 is 0. The first-order chi connectivity index (χ1) is 10.6. The molecule has 4 nitrogen and oxygen atoms in total. The summed E-state index contributed by atoms with van der Waals surface area (Å²) in [6.45, 7) is 4.05. The highest BCUT2D eigenvalue weighted by atomic mass is 16.5. The van der Waals surface area contributed by atoms with E-state index < -0.39 is 0 Å². The number of likely N-dealkylation sites (tertiary alicyclic amines) is 1. The highest BCUT2D eigenvalue weighted by molar-refractivity contribution is 5.28. The first-order valence-electron chi connectivity index (χ1n) is 8.26. The van der Waals surface area contributed by atoms with Gasteiger partial charge in [-0.3, -0.25) is 4.90 Å². The lowest BCUT2D eigenvalue weighted by molar-refractivity contribution is -0.0932. The minimum Gasteiger partial charge on any atom is -0.497 e. The summed E-state index contributed by atoms with van der Waals surface area (Å²) in [6, 6.07) is 9.04. The quantitative estimate of drug-likeness (QED) is 0.853. The summed E-state index contributed by atoms with van der Waals surface area (Å²) in [5.74, 6) is 0.938. The van der Waals surface area contributed by atoms with Gasteiger partial charge in [-0.25, -0.2) is 0 Å². The Morgan fingerprint density at radius 3 is 3.05 bits per heavy atom. The summed E-state index contributed by atoms with van der Waals surface area (Å²) in [4.78, 5) is 4.88. The zero-order valence-corrected chi connectivity index (χ0v) is 14.0. The number of methoxy groups -OCH3 is 1. The predicted octanol–water partition coefficient (Wildman–Crippen LogP) is 2.38. The van der Waals surface area contributed by atoms with Gasteiger partial charge in [0.1, 0.15) is 5.75 Å². The van der Waals surface area contributed by atoms with Gasteiger partial charge in [0.15, 0.2) is 0 Å². The van der Waals surface area contributed by atoms with E-state index in [1.807, 2.05) is 6.07 Å². The molecule has 2 saturated heterocycles. The highest BCUT2D eigenvalue weighted by Gasteiger charge is 2.43. The molecule has 1 aromatic rings. The number of benzene rings is 1. The second kappa shape index (κ2) is 6.57. The second-order valence-corrected chi connectivity index (χ2v) is 6.95. The SMILES string of the molecule is COc1cccc(CN2CC[C@]3(C[C@@H](N(C)C)CCO3)C2)c1. The van der Waals surface area contributed by atoms with Crippen LogP contribution >= 0.6 is 0 Å². The van der Waals surface area contributed by atoms with Gasteiger partial charge in [0.25, 0.3) is 0 Å². The van der Waals surface area contributed by atoms with Gasteiger partial charge in [0.2, 0.25) is 0 Å². The zero-order valence-electron chi connectivity index (χ0n) is 14.0. The molecule has 1 aromatic carbocycles. The molecule has 2 aliphatic heterocycles. The van der Waals surface area contributed by atoms with Crippen LogP contribution in [0.15, 0.2) is 24.3 Å². The Morgan fingerprint density at radius 1 is 1.41 bits per heavy atom. The van der Waals surface area contributed by atoms with E-state index >= 15 is 0 Å². The van der Waals surface area contributed by atoms with Crippen LogP contribution in [0.25, 0.3) is 0 Å². The minimum absolute atomic E-state index is 0.0754. The molecule has 2 heterocycles. The first-order valence-corrected chi connectivity index (χ1v) is 8.26. The summed E-state index contributed by atoms with van der Waals surface area (Å²) in [5, 5.41) is 0. The lowest BCUT2D eigenvalue weighted by atomic mass is 9.89. The highest BCUT2D eigenvalue weighted by Crippen LogP contribution is 2.36. The molecule has 2 fully saturated rings. The monoisotopic (exact) mass is 304 g/mol. The third-order valence-corrected chi connectivity index (χ3v) is 5.13. The molecule has 0 bridgehead atoms. The number of ether oxygens (including phenoxy) is 2. The Labute approximate surface area is 134 Å². The van der Waals surface area contributed by atoms with Gasteiger partial charge in [0, 0.05) is 32.3 Å². The van der Waals surface area contributed by atoms with E-state index in [9.17, 15) is 0 Å². The average molecular weight is 304 g/mol. The van der Waals surface area contributed by atoms with Crippen molar-refractivity contribution in [3.8, 4) is 5.75 Å². The topological polar surface area (TPSA) is 24.9 Å². The van der Waals surface area contributed by atoms with Crippen molar-refractivity contribution in [2.24, 2.45) is 0 Å². The van der Waals surface area contributed by atoms with Gasteiger partial charge in [0.05, 0.1) is 12.7 Å². The molecular weight excluding hydrogens is 276 g/mol. The van der Waals surface area contributed by atoms with Gasteiger partial charge >= 0.3 is 0 Å². The van der Waals surface area contributed by atoms with Crippen molar-refractivity contribution in [1.82, 2.24) is 9.80 Å². The van der Waals surface area contributed by atoms with Gasteiger partial charge in [-0.1, -0.05) is 12.1 Å². The summed E-state index contributed by atoms with van der Waals surface area (Å²) in [7, 11) is 6.10. The molecule has 0 N–H and O–H groups in total. The van der Waals surface area contributed by atoms with E-state index in [1.165, 1.54) is 5.56 Å². The molecule has 0 radical (unpaired) electrons. The van der Waals surface area contributed by atoms with Crippen LogP contribution in [0, 0.1) is 0 Å². The standard InChI is InChI=1S/C18H28N2O2/c1-19(2)16-7-10-22-18(12-16)8-9-20(14-18)13-15-5-4-6-17(11-15)21-3/h4-6,11,16H,7-10,12-14H2,1-3H3/t16-,18-/m0/s1. The predicted molar refractivity (Wildman–Crippen MR) is 88.3 cm³/mol. The third kappa shape index (κ3) is 3.45. The molecule has 0 aliphatic carbocycles. The van der Waals surface area contributed by atoms with Crippen molar-refractivity contribution in [3.05, 3.63) is 29.8 Å². The number of hydrogen-bond acceptors (Lipinski definition) is 4. The Balaban J connectivity index is 1.62. The summed E-state index contributed by atoms with van der Waals surface area (Å²) < 4.78 is 11.5. The molecule has 0 unspecified atom stereocenters. The van der Waals surface area contributed by atoms with Gasteiger partial charge in [-0.05, 0) is 51.1 Å². The van der Waals surface area contributed by atoms with Crippen LogP contribution in [0.3, 0.4) is 0 Å². The van der Waals surface area contributed by atoms with Crippen molar-refractivity contribution in [2.45, 2.75) is 37.5 Å². The van der Waals surface area contributed by atoms with Crippen molar-refractivity contribution in [3.63, 3.8) is 0 Å². The molecule has 2 aliphatic rings. The Kier molecular flexibility index (Phi) is 4.71. The van der Waals surface area contributed by atoms with E-state index in [1.54, 1.807) is 7.11 Å². The van der Waals surface area contributed by atoms with Crippen LogP contribution in [0.5, 0.6) is 5.75 Å². The van der Waals surface area contributed by atoms with E-state index in [4.69, 9.17) is 9.47 Å². The fraction of sp³-hybridized carbons (Fsp3) is 0.667. The largest absolute Gasteiger partial charge is 0.497 e. The van der Waals surface area contributed by atoms with Gasteiger partial charge in [-0.2, -0.15) is 0 Å². The Hall–Kier alpha value is -1.10. The maximum atomic E-state index is 6.23. The van der Waals surface area contributed by atoms with E-state index in [0.717, 1.165) is 51.3 Å². The van der Waals surface area contributed by atoms with Crippen LogP contribution in [-0.2, 0) is 11.3 Å². The van der Waals surface area contributed by atoms with Gasteiger partial charge in [-0.15, -0.1) is 0 Å². The lowest BCUT2D eigenvalue weighted by Crippen LogP contribution is -2.48. The molecular formula is C18H28N2O2. The normalized spacial score (nSPS) is 29.4. The summed E-state index contributed by atoms with van der Waals surface area (Å²) in [6.07, 6.45) is 3.47. The molecule has 22 heavy (non-hydrogen) atoms. The molecule has 3 rings (SSSR count). The molecule has 1 spiro atoms. The fourth-order valence-corrected chi connectivity index (χ4v) is 3.82. The lowest BCUT2D eigenvalue weighted by Gasteiger charge is -2.40. The van der Waals surface area contributed by atoms with Crippen molar-refractivity contribution in [2.75, 3.05) is 40.9 Å². The maximum absolute atomic E-state index is 6.23.